The maximum atomic E-state index is 13.2. The number of rotatable bonds is 5. The molecule has 10 heteroatoms. The molecule has 0 aliphatic carbocycles. The Morgan fingerprint density at radius 2 is 1.68 bits per heavy atom. The van der Waals surface area contributed by atoms with Crippen molar-refractivity contribution in [1.82, 2.24) is 10.2 Å². The van der Waals surface area contributed by atoms with E-state index in [1.165, 1.54) is 6.07 Å². The van der Waals surface area contributed by atoms with Gasteiger partial charge in [0.1, 0.15) is 0 Å². The van der Waals surface area contributed by atoms with Gasteiger partial charge in [-0.2, -0.15) is 13.2 Å². The van der Waals surface area contributed by atoms with E-state index in [1.807, 2.05) is 4.90 Å². The second-order valence-electron chi connectivity index (χ2n) is 6.66. The molecule has 1 aromatic carbocycles. The zero-order chi connectivity index (χ0) is 20.0. The Bertz CT molecular complexity index is 663. The lowest BCUT2D eigenvalue weighted by molar-refractivity contribution is -0.137. The van der Waals surface area contributed by atoms with Crippen LogP contribution in [0.3, 0.4) is 0 Å². The maximum absolute atomic E-state index is 13.2. The molecule has 2 aliphatic heterocycles. The van der Waals surface area contributed by atoms with Gasteiger partial charge in [0, 0.05) is 39.3 Å². The smallest absolute Gasteiger partial charge is 0.379 e. The van der Waals surface area contributed by atoms with Crippen LogP contribution >= 0.6 is 12.2 Å². The summed E-state index contributed by atoms with van der Waals surface area (Å²) >= 11 is 5.31. The molecule has 0 unspecified atom stereocenters. The molecule has 6 nitrogen and oxygen atoms in total. The van der Waals surface area contributed by atoms with E-state index < -0.39 is 11.7 Å². The topological polar surface area (TPSA) is 49.0 Å². The first-order chi connectivity index (χ1) is 13.4. The lowest BCUT2D eigenvalue weighted by atomic mass is 10.1. The number of anilines is 2. The highest BCUT2D eigenvalue weighted by Gasteiger charge is 2.31. The summed E-state index contributed by atoms with van der Waals surface area (Å²) in [5.41, 5.74) is 0.331. The average Bonchev–Trinajstić information content (AvgIpc) is 2.69. The summed E-state index contributed by atoms with van der Waals surface area (Å²) in [4.78, 5) is 4.25. The zero-order valence-corrected chi connectivity index (χ0v) is 16.4. The number of alkyl halides is 3. The Labute approximate surface area is 168 Å². The van der Waals surface area contributed by atoms with E-state index >= 15 is 0 Å². The molecular formula is C18H25F3N4O2S. The number of halogens is 3. The summed E-state index contributed by atoms with van der Waals surface area (Å²) in [5, 5.41) is 6.34. The normalized spacial score (nSPS) is 18.8. The van der Waals surface area contributed by atoms with Crippen LogP contribution in [0.1, 0.15) is 5.56 Å². The first-order valence-electron chi connectivity index (χ1n) is 9.32. The van der Waals surface area contributed by atoms with Crippen molar-refractivity contribution in [2.75, 3.05) is 75.9 Å². The van der Waals surface area contributed by atoms with Crippen molar-refractivity contribution in [3.05, 3.63) is 23.8 Å². The van der Waals surface area contributed by atoms with Crippen molar-refractivity contribution >= 4 is 28.7 Å². The molecule has 3 rings (SSSR count). The fourth-order valence-corrected chi connectivity index (χ4v) is 3.42. The van der Waals surface area contributed by atoms with Gasteiger partial charge in [0.2, 0.25) is 0 Å². The van der Waals surface area contributed by atoms with E-state index in [0.29, 0.717) is 49.3 Å². The average molecular weight is 418 g/mol. The number of hydrogen-bond donors (Lipinski definition) is 2. The second kappa shape index (κ2) is 9.73. The largest absolute Gasteiger partial charge is 0.416 e. The molecule has 0 atom stereocenters. The highest BCUT2D eigenvalue weighted by atomic mass is 32.1. The summed E-state index contributed by atoms with van der Waals surface area (Å²) in [6.45, 7) is 6.92. The number of ether oxygens (including phenoxy) is 2. The van der Waals surface area contributed by atoms with E-state index in [2.05, 4.69) is 15.5 Å². The van der Waals surface area contributed by atoms with Crippen molar-refractivity contribution in [1.29, 1.82) is 0 Å². The Hall–Kier alpha value is -1.62. The fourth-order valence-electron chi connectivity index (χ4n) is 3.21. The predicted octanol–water partition coefficient (Wildman–Crippen LogP) is 2.16. The van der Waals surface area contributed by atoms with Crippen LogP contribution in [0.15, 0.2) is 18.2 Å². The van der Waals surface area contributed by atoms with Crippen molar-refractivity contribution in [3.8, 4) is 0 Å². The van der Waals surface area contributed by atoms with Crippen molar-refractivity contribution in [3.63, 3.8) is 0 Å². The number of nitrogens with one attached hydrogen (secondary N) is 2. The van der Waals surface area contributed by atoms with E-state index in [-0.39, 0.29) is 0 Å². The van der Waals surface area contributed by atoms with Gasteiger partial charge in [-0.25, -0.2) is 0 Å². The van der Waals surface area contributed by atoms with Gasteiger partial charge in [-0.05, 0) is 30.4 Å². The number of morpholine rings is 2. The molecule has 2 saturated heterocycles. The number of nitrogens with zero attached hydrogens (tertiary/aromatic N) is 2. The molecule has 2 heterocycles. The van der Waals surface area contributed by atoms with Gasteiger partial charge >= 0.3 is 6.18 Å². The zero-order valence-electron chi connectivity index (χ0n) is 15.6. The molecule has 0 saturated carbocycles. The van der Waals surface area contributed by atoms with Crippen LogP contribution in [0.4, 0.5) is 24.5 Å². The van der Waals surface area contributed by atoms with Gasteiger partial charge < -0.3 is 25.0 Å². The molecular weight excluding hydrogens is 393 g/mol. The SMILES string of the molecule is FC(F)(F)c1ccc(N2CCOCC2)c(NC(=S)NCCN2CCOCC2)c1. The predicted molar refractivity (Wildman–Crippen MR) is 106 cm³/mol. The Kier molecular flexibility index (Phi) is 7.33. The Morgan fingerprint density at radius 3 is 2.32 bits per heavy atom. The number of thiocarbonyl (C=S) groups is 1. The molecule has 0 radical (unpaired) electrons. The molecule has 2 fully saturated rings. The van der Waals surface area contributed by atoms with Crippen molar-refractivity contribution < 1.29 is 22.6 Å². The number of hydrogen-bond acceptors (Lipinski definition) is 5. The minimum Gasteiger partial charge on any atom is -0.379 e. The Morgan fingerprint density at radius 1 is 1.04 bits per heavy atom. The standard InChI is InChI=1S/C18H25F3N4O2S/c19-18(20,21)14-1-2-16(25-7-11-27-12-8-25)15(13-14)23-17(28)22-3-4-24-5-9-26-10-6-24/h1-2,13H,3-12H2,(H2,22,23,28). The first kappa shape index (κ1) is 21.1. The van der Waals surface area contributed by atoms with E-state index in [9.17, 15) is 13.2 Å². The lowest BCUT2D eigenvalue weighted by Gasteiger charge is -2.31. The van der Waals surface area contributed by atoms with Crippen molar-refractivity contribution in [2.24, 2.45) is 0 Å². The lowest BCUT2D eigenvalue weighted by Crippen LogP contribution is -2.42. The van der Waals surface area contributed by atoms with Crippen LogP contribution in [0.2, 0.25) is 0 Å². The summed E-state index contributed by atoms with van der Waals surface area (Å²) in [7, 11) is 0. The van der Waals surface area contributed by atoms with Crippen LogP contribution in [-0.2, 0) is 15.7 Å². The van der Waals surface area contributed by atoms with Crippen LogP contribution in [0, 0.1) is 0 Å². The molecule has 0 amide bonds. The highest BCUT2D eigenvalue weighted by Crippen LogP contribution is 2.35. The minimum atomic E-state index is -4.41. The summed E-state index contributed by atoms with van der Waals surface area (Å²) < 4.78 is 50.1. The van der Waals surface area contributed by atoms with Gasteiger partial charge in [0.15, 0.2) is 5.11 Å². The first-order valence-corrected chi connectivity index (χ1v) is 9.73. The Balaban J connectivity index is 1.64. The quantitative estimate of drug-likeness (QED) is 0.711. The third-order valence-electron chi connectivity index (χ3n) is 4.74. The molecule has 28 heavy (non-hydrogen) atoms. The molecule has 156 valence electrons. The van der Waals surface area contributed by atoms with Crippen LogP contribution < -0.4 is 15.5 Å². The van der Waals surface area contributed by atoms with E-state index in [1.54, 1.807) is 0 Å². The summed E-state index contributed by atoms with van der Waals surface area (Å²) in [6, 6.07) is 3.71. The molecule has 1 aromatic rings. The monoisotopic (exact) mass is 418 g/mol. The fraction of sp³-hybridized carbons (Fsp3) is 0.611. The molecule has 0 bridgehead atoms. The van der Waals surface area contributed by atoms with Crippen LogP contribution in [0.5, 0.6) is 0 Å². The van der Waals surface area contributed by atoms with Gasteiger partial charge in [-0.15, -0.1) is 0 Å². The van der Waals surface area contributed by atoms with Gasteiger partial charge in [0.05, 0.1) is 43.4 Å². The highest BCUT2D eigenvalue weighted by molar-refractivity contribution is 7.80. The number of benzene rings is 1. The molecule has 0 aromatic heterocycles. The third-order valence-corrected chi connectivity index (χ3v) is 4.99. The minimum absolute atomic E-state index is 0.307. The summed E-state index contributed by atoms with van der Waals surface area (Å²) in [6.07, 6.45) is -4.41. The van der Waals surface area contributed by atoms with Crippen LogP contribution in [-0.4, -0.2) is 75.7 Å². The van der Waals surface area contributed by atoms with Crippen LogP contribution in [0.25, 0.3) is 0 Å². The van der Waals surface area contributed by atoms with Crippen molar-refractivity contribution in [2.45, 2.75) is 6.18 Å². The van der Waals surface area contributed by atoms with Gasteiger partial charge in [-0.3, -0.25) is 4.90 Å². The van der Waals surface area contributed by atoms with Gasteiger partial charge in [0.25, 0.3) is 0 Å². The second-order valence-corrected chi connectivity index (χ2v) is 7.07. The maximum Gasteiger partial charge on any atom is 0.416 e. The third kappa shape index (κ3) is 5.94. The molecule has 2 aliphatic rings. The van der Waals surface area contributed by atoms with E-state index in [0.717, 1.165) is 45.0 Å². The van der Waals surface area contributed by atoms with E-state index in [4.69, 9.17) is 21.7 Å². The molecule has 2 N–H and O–H groups in total. The van der Waals surface area contributed by atoms with Gasteiger partial charge in [-0.1, -0.05) is 0 Å². The summed E-state index contributed by atoms with van der Waals surface area (Å²) in [5.74, 6) is 0. The molecule has 0 spiro atoms.